The number of pyridine rings is 1. The van der Waals surface area contributed by atoms with Gasteiger partial charge in [0.05, 0.1) is 18.6 Å². The maximum atomic E-state index is 7.00. The van der Waals surface area contributed by atoms with Crippen LogP contribution < -0.4 is 4.90 Å². The second-order valence-electron chi connectivity index (χ2n) is 10.5. The highest BCUT2D eigenvalue weighted by atomic mass is 35.5. The Hall–Kier alpha value is -3.24. The highest BCUT2D eigenvalue weighted by Crippen LogP contribution is 2.29. The molecule has 1 aliphatic heterocycles. The Morgan fingerprint density at radius 1 is 0.900 bits per heavy atom. The Morgan fingerprint density at radius 3 is 2.20 bits per heavy atom. The van der Waals surface area contributed by atoms with Crippen LogP contribution in [0.3, 0.4) is 0 Å². The summed E-state index contributed by atoms with van der Waals surface area (Å²) in [7, 11) is 1.00. The zero-order valence-corrected chi connectivity index (χ0v) is 24.6. The zero-order chi connectivity index (χ0) is 28.3. The molecule has 4 aromatic carbocycles. The molecule has 1 aliphatic rings. The van der Waals surface area contributed by atoms with E-state index in [1.54, 1.807) is 4.90 Å². The van der Waals surface area contributed by atoms with E-state index in [2.05, 4.69) is 114 Å². The number of aryl methyl sites for hydroxylation is 1. The van der Waals surface area contributed by atoms with Crippen LogP contribution in [0.2, 0.25) is 0 Å². The van der Waals surface area contributed by atoms with E-state index in [0.717, 1.165) is 31.5 Å². The van der Waals surface area contributed by atoms with E-state index in [4.69, 9.17) is 5.11 Å². The number of halogens is 1. The van der Waals surface area contributed by atoms with Crippen molar-refractivity contribution < 1.29 is 10.0 Å². The minimum Gasteiger partial charge on any atom is -0.400 e. The molecule has 0 amide bonds. The van der Waals surface area contributed by atoms with E-state index in [1.807, 2.05) is 6.20 Å². The van der Waals surface area contributed by atoms with Crippen LogP contribution >= 0.6 is 11.6 Å². The van der Waals surface area contributed by atoms with Gasteiger partial charge in [0.1, 0.15) is 6.54 Å². The van der Waals surface area contributed by atoms with Crippen molar-refractivity contribution >= 4 is 44.0 Å². The first kappa shape index (κ1) is 29.7. The molecular formula is C36H42ClN2O+. The van der Waals surface area contributed by atoms with Crippen molar-refractivity contribution in [3.63, 3.8) is 0 Å². The second kappa shape index (κ2) is 14.9. The fraction of sp³-hybridized carbons (Fsp3) is 0.306. The van der Waals surface area contributed by atoms with Crippen LogP contribution in [-0.4, -0.2) is 36.7 Å². The zero-order valence-electron chi connectivity index (χ0n) is 23.8. The Balaban J connectivity index is 0.000000886. The van der Waals surface area contributed by atoms with Crippen molar-refractivity contribution in [1.82, 2.24) is 4.98 Å². The quantitative estimate of drug-likeness (QED) is 0.127. The van der Waals surface area contributed by atoms with Gasteiger partial charge in [-0.15, -0.1) is 18.2 Å². The van der Waals surface area contributed by atoms with E-state index in [1.165, 1.54) is 76.8 Å². The van der Waals surface area contributed by atoms with E-state index >= 15 is 0 Å². The minimum atomic E-state index is 0.587. The third-order valence-electron chi connectivity index (χ3n) is 8.37. The molecule has 3 nitrogen and oxygen atoms in total. The lowest BCUT2D eigenvalue weighted by Crippen LogP contribution is -3.12. The molecule has 1 fully saturated rings. The lowest BCUT2D eigenvalue weighted by atomic mass is 9.81. The Morgan fingerprint density at radius 2 is 1.52 bits per heavy atom. The van der Waals surface area contributed by atoms with Crippen molar-refractivity contribution in [2.75, 3.05) is 26.6 Å². The molecule has 1 aromatic heterocycles. The van der Waals surface area contributed by atoms with Gasteiger partial charge in [0.15, 0.2) is 0 Å². The first-order valence-corrected chi connectivity index (χ1v) is 15.1. The normalized spacial score (nSPS) is 18.4. The van der Waals surface area contributed by atoms with Crippen LogP contribution in [0.5, 0.6) is 0 Å². The van der Waals surface area contributed by atoms with Crippen molar-refractivity contribution in [1.29, 1.82) is 0 Å². The van der Waals surface area contributed by atoms with Gasteiger partial charge in [0, 0.05) is 43.0 Å². The summed E-state index contributed by atoms with van der Waals surface area (Å²) in [5, 5.41) is 13.8. The van der Waals surface area contributed by atoms with E-state index < -0.39 is 0 Å². The molecule has 208 valence electrons. The van der Waals surface area contributed by atoms with Crippen molar-refractivity contribution in [3.05, 3.63) is 115 Å². The molecule has 3 atom stereocenters. The molecule has 1 saturated heterocycles. The topological polar surface area (TPSA) is 37.6 Å². The van der Waals surface area contributed by atoms with E-state index in [9.17, 15) is 0 Å². The number of quaternary nitrogens is 1. The number of alkyl halides is 1. The number of aromatic nitrogens is 1. The average Bonchev–Trinajstić information content (AvgIpc) is 3.03. The summed E-state index contributed by atoms with van der Waals surface area (Å²) in [6.45, 7) is 7.77. The van der Waals surface area contributed by atoms with Crippen LogP contribution in [0.4, 0.5) is 0 Å². The minimum absolute atomic E-state index is 0.587. The lowest BCUT2D eigenvalue weighted by Gasteiger charge is -2.35. The maximum Gasteiger partial charge on any atom is 0.104 e. The fourth-order valence-corrected chi connectivity index (χ4v) is 6.48. The van der Waals surface area contributed by atoms with Gasteiger partial charge in [0.25, 0.3) is 0 Å². The first-order chi connectivity index (χ1) is 19.8. The molecule has 0 aliphatic carbocycles. The largest absolute Gasteiger partial charge is 0.400 e. The molecule has 0 saturated carbocycles. The second-order valence-corrected chi connectivity index (χ2v) is 10.5. The Kier molecular flexibility index (Phi) is 11.1. The standard InChI is InChI=1S/C34H34N2.CH3Cl.CH4O/c1-2-25-23-36(24-33-30-14-5-3-10-28(30)22-29-11-4-6-15-31(29)33)21-19-26(25)12-9-13-27-18-20-35-34-17-8-7-16-32(27)34;2*1-2/h2-8,10-11,14-18,20,22,25-26H,1,9,12-13,19,21,23-24H2;1H3;2H,1H3/p+1. The number of hydrogen-bond donors (Lipinski definition) is 2. The van der Waals surface area contributed by atoms with Gasteiger partial charge < -0.3 is 10.0 Å². The SMILES string of the molecule is C=CC1C[NH+](Cc2c3ccccc3cc3ccccc23)CCC1CCCc1ccnc2ccccc12.CCl.CO. The summed E-state index contributed by atoms with van der Waals surface area (Å²) in [6.07, 6.45) is 10.6. The van der Waals surface area contributed by atoms with Crippen LogP contribution in [0, 0.1) is 11.8 Å². The average molecular weight is 554 g/mol. The van der Waals surface area contributed by atoms with E-state index in [-0.39, 0.29) is 0 Å². The molecule has 0 radical (unpaired) electrons. The number of fused-ring (bicyclic) bond motifs is 3. The van der Waals surface area contributed by atoms with Gasteiger partial charge in [-0.1, -0.05) is 72.8 Å². The number of nitrogens with one attached hydrogen (secondary N) is 1. The summed E-state index contributed by atoms with van der Waals surface area (Å²) >= 11 is 4.64. The number of aliphatic hydroxyl groups excluding tert-OH is 1. The number of rotatable bonds is 7. The van der Waals surface area contributed by atoms with Gasteiger partial charge >= 0.3 is 0 Å². The number of hydrogen-bond acceptors (Lipinski definition) is 2. The third-order valence-corrected chi connectivity index (χ3v) is 8.37. The van der Waals surface area contributed by atoms with Gasteiger partial charge in [-0.3, -0.25) is 4.98 Å². The number of piperidine rings is 1. The van der Waals surface area contributed by atoms with Gasteiger partial charge in [-0.25, -0.2) is 0 Å². The van der Waals surface area contributed by atoms with Crippen LogP contribution in [0.1, 0.15) is 30.4 Å². The summed E-state index contributed by atoms with van der Waals surface area (Å²) < 4.78 is 0. The van der Waals surface area contributed by atoms with Crippen LogP contribution in [0.25, 0.3) is 32.4 Å². The van der Waals surface area contributed by atoms with Crippen LogP contribution in [-0.2, 0) is 13.0 Å². The summed E-state index contributed by atoms with van der Waals surface area (Å²) in [5.41, 5.74) is 4.04. The molecule has 5 aromatic rings. The summed E-state index contributed by atoms with van der Waals surface area (Å²) in [4.78, 5) is 6.22. The summed E-state index contributed by atoms with van der Waals surface area (Å²) in [5.74, 6) is 1.33. The molecule has 2 heterocycles. The predicted octanol–water partition coefficient (Wildman–Crippen LogP) is 7.23. The lowest BCUT2D eigenvalue weighted by molar-refractivity contribution is -0.922. The molecule has 3 unspecified atom stereocenters. The van der Waals surface area contributed by atoms with Gasteiger partial charge in [0.2, 0.25) is 0 Å². The number of likely N-dealkylation sites (tertiary alicyclic amines) is 1. The van der Waals surface area contributed by atoms with E-state index in [0.29, 0.717) is 5.92 Å². The molecule has 40 heavy (non-hydrogen) atoms. The molecule has 0 spiro atoms. The Bertz CT molecular complexity index is 1470. The van der Waals surface area contributed by atoms with Gasteiger partial charge in [-0.05, 0) is 70.5 Å². The Labute approximate surface area is 244 Å². The van der Waals surface area contributed by atoms with Crippen molar-refractivity contribution in [2.24, 2.45) is 11.8 Å². The number of para-hydroxylation sites is 1. The number of nitrogens with zero attached hydrogens (tertiary/aromatic N) is 1. The summed E-state index contributed by atoms with van der Waals surface area (Å²) in [6, 6.07) is 30.9. The molecule has 4 heteroatoms. The monoisotopic (exact) mass is 553 g/mol. The van der Waals surface area contributed by atoms with Crippen molar-refractivity contribution in [3.8, 4) is 0 Å². The molecule has 0 bridgehead atoms. The molecule has 2 N–H and O–H groups in total. The number of aliphatic hydroxyl groups is 1. The highest BCUT2D eigenvalue weighted by Gasteiger charge is 2.30. The number of benzene rings is 4. The maximum absolute atomic E-state index is 7.00. The molecular weight excluding hydrogens is 512 g/mol. The fourth-order valence-electron chi connectivity index (χ4n) is 6.48. The molecule has 6 rings (SSSR count). The third kappa shape index (κ3) is 6.72. The van der Waals surface area contributed by atoms with Crippen LogP contribution in [0.15, 0.2) is 104 Å². The van der Waals surface area contributed by atoms with Crippen molar-refractivity contribution in [2.45, 2.75) is 32.2 Å². The predicted molar refractivity (Wildman–Crippen MR) is 172 cm³/mol. The van der Waals surface area contributed by atoms with Gasteiger partial charge in [-0.2, -0.15) is 0 Å². The highest BCUT2D eigenvalue weighted by molar-refractivity contribution is 6.15. The smallest absolute Gasteiger partial charge is 0.104 e. The first-order valence-electron chi connectivity index (χ1n) is 14.3.